The van der Waals surface area contributed by atoms with E-state index in [0.29, 0.717) is 5.76 Å². The molecule has 1 saturated carbocycles. The van der Waals surface area contributed by atoms with E-state index >= 15 is 0 Å². The number of aryl methyl sites for hydroxylation is 1. The van der Waals surface area contributed by atoms with Gasteiger partial charge in [0.1, 0.15) is 5.76 Å². The molecule has 0 aliphatic heterocycles. The van der Waals surface area contributed by atoms with Crippen molar-refractivity contribution >= 4 is 5.78 Å². The van der Waals surface area contributed by atoms with Gasteiger partial charge in [0.05, 0.1) is 0 Å². The molecule has 1 aliphatic rings. The number of carbonyl (C=O) groups is 1. The monoisotopic (exact) mass is 192 g/mol. The predicted molar refractivity (Wildman–Crippen MR) is 54.4 cm³/mol. The van der Waals surface area contributed by atoms with Crippen LogP contribution in [0.5, 0.6) is 0 Å². The van der Waals surface area contributed by atoms with Gasteiger partial charge in [0.2, 0.25) is 5.78 Å². The average Bonchev–Trinajstić information content (AvgIpc) is 2.74. The molecule has 0 N–H and O–H groups in total. The van der Waals surface area contributed by atoms with E-state index in [4.69, 9.17) is 4.42 Å². The Morgan fingerprint density at radius 1 is 1.36 bits per heavy atom. The lowest BCUT2D eigenvalue weighted by Gasteiger charge is -2.19. The largest absolute Gasteiger partial charge is 0.458 e. The van der Waals surface area contributed by atoms with Crippen molar-refractivity contribution < 1.29 is 9.21 Å². The van der Waals surface area contributed by atoms with Crippen molar-refractivity contribution in [1.29, 1.82) is 0 Å². The Balaban J connectivity index is 2.23. The van der Waals surface area contributed by atoms with Crippen LogP contribution in [0.15, 0.2) is 16.5 Å². The fraction of sp³-hybridized carbons (Fsp3) is 0.583. The van der Waals surface area contributed by atoms with Gasteiger partial charge in [-0.05, 0) is 31.9 Å². The molecule has 0 bridgehead atoms. The average molecular weight is 192 g/mol. The zero-order valence-electron chi connectivity index (χ0n) is 8.80. The predicted octanol–water partition coefficient (Wildman–Crippen LogP) is 3.35. The molecule has 2 rings (SSSR count). The molecule has 1 aliphatic carbocycles. The van der Waals surface area contributed by atoms with E-state index in [-0.39, 0.29) is 11.2 Å². The Labute approximate surface area is 84.3 Å². The Hall–Kier alpha value is -1.05. The maximum atomic E-state index is 12.1. The van der Waals surface area contributed by atoms with Crippen molar-refractivity contribution in [2.45, 2.75) is 39.5 Å². The van der Waals surface area contributed by atoms with Crippen molar-refractivity contribution in [2.75, 3.05) is 0 Å². The molecular weight excluding hydrogens is 176 g/mol. The van der Waals surface area contributed by atoms with Crippen LogP contribution in [0.3, 0.4) is 0 Å². The van der Waals surface area contributed by atoms with Crippen LogP contribution in [0.2, 0.25) is 0 Å². The Morgan fingerprint density at radius 3 is 2.50 bits per heavy atom. The second-order valence-electron chi connectivity index (χ2n) is 4.51. The van der Waals surface area contributed by atoms with E-state index in [0.717, 1.165) is 18.6 Å². The molecule has 2 nitrogen and oxygen atoms in total. The van der Waals surface area contributed by atoms with Crippen molar-refractivity contribution in [3.8, 4) is 0 Å². The standard InChI is InChI=1S/C12H16O2/c1-9-5-6-10(14-9)11(13)12(2)7-3-4-8-12/h5-6H,3-4,7-8H2,1-2H3. The maximum absolute atomic E-state index is 12.1. The SMILES string of the molecule is Cc1ccc(C(=O)C2(C)CCCC2)o1. The highest BCUT2D eigenvalue weighted by Gasteiger charge is 2.38. The third-order valence-electron chi connectivity index (χ3n) is 3.22. The normalized spacial score (nSPS) is 19.9. The topological polar surface area (TPSA) is 30.2 Å². The molecule has 1 heterocycles. The first kappa shape index (κ1) is 9.50. The van der Waals surface area contributed by atoms with Gasteiger partial charge in [-0.15, -0.1) is 0 Å². The molecule has 0 unspecified atom stereocenters. The van der Waals surface area contributed by atoms with Gasteiger partial charge in [0.15, 0.2) is 5.76 Å². The van der Waals surface area contributed by atoms with Gasteiger partial charge in [0.25, 0.3) is 0 Å². The number of furan rings is 1. The number of ketones is 1. The van der Waals surface area contributed by atoms with Crippen molar-refractivity contribution in [2.24, 2.45) is 5.41 Å². The van der Waals surface area contributed by atoms with Crippen LogP contribution in [0.1, 0.15) is 48.9 Å². The molecule has 76 valence electrons. The Kier molecular flexibility index (Phi) is 2.22. The van der Waals surface area contributed by atoms with E-state index in [9.17, 15) is 4.79 Å². The molecule has 1 fully saturated rings. The van der Waals surface area contributed by atoms with Crippen LogP contribution >= 0.6 is 0 Å². The summed E-state index contributed by atoms with van der Waals surface area (Å²) in [6, 6.07) is 3.65. The second-order valence-corrected chi connectivity index (χ2v) is 4.51. The van der Waals surface area contributed by atoms with Crippen LogP contribution in [-0.2, 0) is 0 Å². The maximum Gasteiger partial charge on any atom is 0.203 e. The fourth-order valence-corrected chi connectivity index (χ4v) is 2.24. The molecule has 0 aromatic carbocycles. The first-order valence-corrected chi connectivity index (χ1v) is 5.23. The lowest BCUT2D eigenvalue weighted by molar-refractivity contribution is 0.0791. The number of hydrogen-bond donors (Lipinski definition) is 0. The molecule has 14 heavy (non-hydrogen) atoms. The summed E-state index contributed by atoms with van der Waals surface area (Å²) in [5, 5.41) is 0. The summed E-state index contributed by atoms with van der Waals surface area (Å²) in [6.45, 7) is 3.92. The first-order chi connectivity index (χ1) is 6.62. The highest BCUT2D eigenvalue weighted by molar-refractivity contribution is 5.98. The van der Waals surface area contributed by atoms with Gasteiger partial charge in [-0.3, -0.25) is 4.79 Å². The molecule has 0 spiro atoms. The summed E-state index contributed by atoms with van der Waals surface area (Å²) in [5.74, 6) is 1.53. The quantitative estimate of drug-likeness (QED) is 0.672. The van der Waals surface area contributed by atoms with Gasteiger partial charge in [-0.25, -0.2) is 0 Å². The lowest BCUT2D eigenvalue weighted by atomic mass is 9.83. The summed E-state index contributed by atoms with van der Waals surface area (Å²) in [6.07, 6.45) is 4.35. The zero-order chi connectivity index (χ0) is 10.2. The molecule has 1 aromatic rings. The molecule has 0 amide bonds. The minimum Gasteiger partial charge on any atom is -0.458 e. The number of Topliss-reactive ketones (excluding diaryl/α,β-unsaturated/α-hetero) is 1. The fourth-order valence-electron chi connectivity index (χ4n) is 2.24. The highest BCUT2D eigenvalue weighted by atomic mass is 16.3. The minimum atomic E-state index is -0.162. The molecule has 0 radical (unpaired) electrons. The van der Waals surface area contributed by atoms with Crippen molar-refractivity contribution in [3.63, 3.8) is 0 Å². The van der Waals surface area contributed by atoms with E-state index in [1.54, 1.807) is 6.07 Å². The van der Waals surface area contributed by atoms with E-state index < -0.39 is 0 Å². The summed E-state index contributed by atoms with van der Waals surface area (Å²) in [7, 11) is 0. The number of rotatable bonds is 2. The van der Waals surface area contributed by atoms with E-state index in [1.165, 1.54) is 12.8 Å². The van der Waals surface area contributed by atoms with E-state index in [2.05, 4.69) is 6.92 Å². The molecule has 1 aromatic heterocycles. The van der Waals surface area contributed by atoms with Crippen LogP contribution in [0.25, 0.3) is 0 Å². The van der Waals surface area contributed by atoms with E-state index in [1.807, 2.05) is 13.0 Å². The van der Waals surface area contributed by atoms with Gasteiger partial charge in [-0.2, -0.15) is 0 Å². The third-order valence-corrected chi connectivity index (χ3v) is 3.22. The Morgan fingerprint density at radius 2 is 2.00 bits per heavy atom. The molecule has 0 saturated heterocycles. The number of hydrogen-bond acceptors (Lipinski definition) is 2. The lowest BCUT2D eigenvalue weighted by Crippen LogP contribution is -2.23. The van der Waals surface area contributed by atoms with Gasteiger partial charge >= 0.3 is 0 Å². The number of carbonyl (C=O) groups excluding carboxylic acids is 1. The van der Waals surface area contributed by atoms with Gasteiger partial charge < -0.3 is 4.42 Å². The summed E-state index contributed by atoms with van der Waals surface area (Å²) < 4.78 is 5.37. The van der Waals surface area contributed by atoms with Gasteiger partial charge in [-0.1, -0.05) is 19.8 Å². The van der Waals surface area contributed by atoms with Gasteiger partial charge in [0, 0.05) is 5.41 Å². The third kappa shape index (κ3) is 1.49. The van der Waals surface area contributed by atoms with Crippen LogP contribution in [-0.4, -0.2) is 5.78 Å². The smallest absolute Gasteiger partial charge is 0.203 e. The zero-order valence-corrected chi connectivity index (χ0v) is 8.80. The summed E-state index contributed by atoms with van der Waals surface area (Å²) in [5.41, 5.74) is -0.162. The highest BCUT2D eigenvalue weighted by Crippen LogP contribution is 2.40. The Bertz CT molecular complexity index is 343. The molecular formula is C12H16O2. The first-order valence-electron chi connectivity index (χ1n) is 5.23. The van der Waals surface area contributed by atoms with Crippen LogP contribution < -0.4 is 0 Å². The molecule has 0 atom stereocenters. The summed E-state index contributed by atoms with van der Waals surface area (Å²) >= 11 is 0. The van der Waals surface area contributed by atoms with Crippen molar-refractivity contribution in [3.05, 3.63) is 23.7 Å². The second kappa shape index (κ2) is 3.26. The van der Waals surface area contributed by atoms with Crippen LogP contribution in [0.4, 0.5) is 0 Å². The molecule has 2 heteroatoms. The van der Waals surface area contributed by atoms with Crippen molar-refractivity contribution in [1.82, 2.24) is 0 Å². The van der Waals surface area contributed by atoms with Crippen LogP contribution in [0, 0.1) is 12.3 Å². The summed E-state index contributed by atoms with van der Waals surface area (Å²) in [4.78, 5) is 12.1. The minimum absolute atomic E-state index is 0.162.